The predicted octanol–water partition coefficient (Wildman–Crippen LogP) is 1.93. The minimum Gasteiger partial charge on any atom is -0.355 e. The number of carbonyl (C=O) groups is 1. The fourth-order valence-electron chi connectivity index (χ4n) is 3.17. The largest absolute Gasteiger partial charge is 0.355 e. The van der Waals surface area contributed by atoms with Crippen LogP contribution in [0.25, 0.3) is 0 Å². The second-order valence-electron chi connectivity index (χ2n) is 6.19. The highest BCUT2D eigenvalue weighted by atomic mass is 16.2. The minimum atomic E-state index is -0.132. The third kappa shape index (κ3) is 3.01. The van der Waals surface area contributed by atoms with Gasteiger partial charge in [-0.2, -0.15) is 0 Å². The normalized spacial score (nSPS) is 32.4. The SMILES string of the molecule is CC1CCCC1CNC(=O)C1(C)CCNCC1. The Labute approximate surface area is 105 Å². The van der Waals surface area contributed by atoms with E-state index in [9.17, 15) is 4.79 Å². The highest BCUT2D eigenvalue weighted by Crippen LogP contribution is 2.32. The quantitative estimate of drug-likeness (QED) is 0.789. The summed E-state index contributed by atoms with van der Waals surface area (Å²) >= 11 is 0. The number of hydrogen-bond donors (Lipinski definition) is 2. The molecule has 3 nitrogen and oxygen atoms in total. The summed E-state index contributed by atoms with van der Waals surface area (Å²) in [7, 11) is 0. The highest BCUT2D eigenvalue weighted by Gasteiger charge is 2.35. The van der Waals surface area contributed by atoms with Crippen molar-refractivity contribution in [2.24, 2.45) is 17.3 Å². The van der Waals surface area contributed by atoms with E-state index in [0.29, 0.717) is 5.92 Å². The number of carbonyl (C=O) groups excluding carboxylic acids is 1. The average Bonchev–Trinajstić information content (AvgIpc) is 2.73. The molecule has 2 rings (SSSR count). The zero-order chi connectivity index (χ0) is 12.3. The van der Waals surface area contributed by atoms with Crippen molar-refractivity contribution in [2.75, 3.05) is 19.6 Å². The van der Waals surface area contributed by atoms with E-state index in [2.05, 4.69) is 24.5 Å². The van der Waals surface area contributed by atoms with Crippen LogP contribution in [0.15, 0.2) is 0 Å². The molecule has 0 spiro atoms. The number of hydrogen-bond acceptors (Lipinski definition) is 2. The Morgan fingerprint density at radius 1 is 1.35 bits per heavy atom. The van der Waals surface area contributed by atoms with E-state index in [4.69, 9.17) is 0 Å². The molecule has 2 aliphatic rings. The van der Waals surface area contributed by atoms with Gasteiger partial charge >= 0.3 is 0 Å². The molecule has 1 saturated carbocycles. The maximum atomic E-state index is 12.2. The first-order chi connectivity index (χ1) is 8.12. The molecule has 0 aromatic carbocycles. The van der Waals surface area contributed by atoms with Crippen LogP contribution in [0, 0.1) is 17.3 Å². The fourth-order valence-corrected chi connectivity index (χ4v) is 3.17. The van der Waals surface area contributed by atoms with E-state index in [-0.39, 0.29) is 11.3 Å². The summed E-state index contributed by atoms with van der Waals surface area (Å²) in [5.41, 5.74) is -0.132. The zero-order valence-corrected chi connectivity index (χ0v) is 11.2. The Kier molecular flexibility index (Phi) is 4.08. The van der Waals surface area contributed by atoms with Crippen molar-refractivity contribution >= 4 is 5.91 Å². The highest BCUT2D eigenvalue weighted by molar-refractivity contribution is 5.82. The molecule has 0 aromatic heterocycles. The van der Waals surface area contributed by atoms with Crippen LogP contribution < -0.4 is 10.6 Å². The van der Waals surface area contributed by atoms with E-state index in [1.54, 1.807) is 0 Å². The molecule has 0 bridgehead atoms. The molecule has 2 N–H and O–H groups in total. The number of amides is 1. The summed E-state index contributed by atoms with van der Waals surface area (Å²) in [6, 6.07) is 0. The summed E-state index contributed by atoms with van der Waals surface area (Å²) in [5.74, 6) is 1.78. The first kappa shape index (κ1) is 12.9. The number of piperidine rings is 1. The van der Waals surface area contributed by atoms with Crippen LogP contribution in [-0.4, -0.2) is 25.5 Å². The van der Waals surface area contributed by atoms with Crippen molar-refractivity contribution in [3.63, 3.8) is 0 Å². The molecule has 2 atom stereocenters. The van der Waals surface area contributed by atoms with Crippen LogP contribution >= 0.6 is 0 Å². The summed E-state index contributed by atoms with van der Waals surface area (Å²) in [5, 5.41) is 6.52. The van der Waals surface area contributed by atoms with Gasteiger partial charge in [-0.05, 0) is 44.2 Å². The Morgan fingerprint density at radius 3 is 2.65 bits per heavy atom. The average molecular weight is 238 g/mol. The molecule has 2 unspecified atom stereocenters. The molecule has 1 aliphatic carbocycles. The Balaban J connectivity index is 1.80. The lowest BCUT2D eigenvalue weighted by Crippen LogP contribution is -2.47. The third-order valence-electron chi connectivity index (χ3n) is 4.82. The summed E-state index contributed by atoms with van der Waals surface area (Å²) in [4.78, 5) is 12.2. The zero-order valence-electron chi connectivity index (χ0n) is 11.2. The lowest BCUT2D eigenvalue weighted by atomic mass is 9.80. The Bertz CT molecular complexity index is 271. The van der Waals surface area contributed by atoms with Crippen molar-refractivity contribution < 1.29 is 4.79 Å². The van der Waals surface area contributed by atoms with Crippen molar-refractivity contribution in [3.8, 4) is 0 Å². The monoisotopic (exact) mass is 238 g/mol. The Hall–Kier alpha value is -0.570. The van der Waals surface area contributed by atoms with E-state index in [1.165, 1.54) is 19.3 Å². The van der Waals surface area contributed by atoms with Gasteiger partial charge in [-0.3, -0.25) is 4.79 Å². The standard InChI is InChI=1S/C14H26N2O/c1-11-4-3-5-12(11)10-16-13(17)14(2)6-8-15-9-7-14/h11-12,15H,3-10H2,1-2H3,(H,16,17). The second-order valence-corrected chi connectivity index (χ2v) is 6.19. The molecule has 3 heteroatoms. The van der Waals surface area contributed by atoms with Gasteiger partial charge in [0.2, 0.25) is 5.91 Å². The van der Waals surface area contributed by atoms with E-state index in [1.807, 2.05) is 0 Å². The van der Waals surface area contributed by atoms with Crippen molar-refractivity contribution in [1.29, 1.82) is 0 Å². The molecule has 0 aromatic rings. The molecule has 0 radical (unpaired) electrons. The first-order valence-corrected chi connectivity index (χ1v) is 7.11. The third-order valence-corrected chi connectivity index (χ3v) is 4.82. The van der Waals surface area contributed by atoms with Crippen LogP contribution in [0.2, 0.25) is 0 Å². The summed E-state index contributed by atoms with van der Waals surface area (Å²) < 4.78 is 0. The molecule has 98 valence electrons. The lowest BCUT2D eigenvalue weighted by molar-refractivity contribution is -0.131. The van der Waals surface area contributed by atoms with Crippen LogP contribution in [0.3, 0.4) is 0 Å². The van der Waals surface area contributed by atoms with Crippen molar-refractivity contribution in [2.45, 2.75) is 46.0 Å². The van der Waals surface area contributed by atoms with Crippen LogP contribution in [-0.2, 0) is 4.79 Å². The molecule has 1 aliphatic heterocycles. The van der Waals surface area contributed by atoms with Gasteiger partial charge in [-0.25, -0.2) is 0 Å². The molecule has 17 heavy (non-hydrogen) atoms. The molecule has 1 amide bonds. The van der Waals surface area contributed by atoms with Gasteiger partial charge in [-0.15, -0.1) is 0 Å². The molecular weight excluding hydrogens is 212 g/mol. The molecule has 1 saturated heterocycles. The van der Waals surface area contributed by atoms with E-state index < -0.39 is 0 Å². The lowest BCUT2D eigenvalue weighted by Gasteiger charge is -2.33. The fraction of sp³-hybridized carbons (Fsp3) is 0.929. The van der Waals surface area contributed by atoms with Crippen LogP contribution in [0.1, 0.15) is 46.0 Å². The summed E-state index contributed by atoms with van der Waals surface area (Å²) in [6.07, 6.45) is 5.91. The van der Waals surface area contributed by atoms with Gasteiger partial charge < -0.3 is 10.6 Å². The number of nitrogens with one attached hydrogen (secondary N) is 2. The first-order valence-electron chi connectivity index (χ1n) is 7.11. The topological polar surface area (TPSA) is 41.1 Å². The van der Waals surface area contributed by atoms with Crippen molar-refractivity contribution in [3.05, 3.63) is 0 Å². The van der Waals surface area contributed by atoms with Gasteiger partial charge in [0, 0.05) is 12.0 Å². The minimum absolute atomic E-state index is 0.132. The smallest absolute Gasteiger partial charge is 0.226 e. The number of rotatable bonds is 3. The van der Waals surface area contributed by atoms with Gasteiger partial charge in [-0.1, -0.05) is 26.7 Å². The molecule has 1 heterocycles. The van der Waals surface area contributed by atoms with E-state index in [0.717, 1.165) is 38.4 Å². The molecular formula is C14H26N2O. The predicted molar refractivity (Wildman–Crippen MR) is 69.7 cm³/mol. The maximum Gasteiger partial charge on any atom is 0.226 e. The maximum absolute atomic E-state index is 12.2. The molecule has 2 fully saturated rings. The Morgan fingerprint density at radius 2 is 2.06 bits per heavy atom. The van der Waals surface area contributed by atoms with Gasteiger partial charge in [0.15, 0.2) is 0 Å². The second kappa shape index (κ2) is 5.38. The van der Waals surface area contributed by atoms with Crippen molar-refractivity contribution in [1.82, 2.24) is 10.6 Å². The van der Waals surface area contributed by atoms with E-state index >= 15 is 0 Å². The van der Waals surface area contributed by atoms with Crippen LogP contribution in [0.5, 0.6) is 0 Å². The van der Waals surface area contributed by atoms with Gasteiger partial charge in [0.1, 0.15) is 0 Å². The van der Waals surface area contributed by atoms with Crippen LogP contribution in [0.4, 0.5) is 0 Å². The summed E-state index contributed by atoms with van der Waals surface area (Å²) in [6.45, 7) is 7.27. The van der Waals surface area contributed by atoms with Gasteiger partial charge in [0.25, 0.3) is 0 Å². The van der Waals surface area contributed by atoms with Gasteiger partial charge in [0.05, 0.1) is 0 Å².